The van der Waals surface area contributed by atoms with Crippen molar-refractivity contribution in [3.63, 3.8) is 0 Å². The molecule has 0 aliphatic heterocycles. The fourth-order valence-electron chi connectivity index (χ4n) is 5.10. The van der Waals surface area contributed by atoms with E-state index in [1.807, 2.05) is 30.3 Å². The minimum Gasteiger partial charge on any atom is -0.504 e. The van der Waals surface area contributed by atoms with Crippen molar-refractivity contribution in [3.05, 3.63) is 112 Å². The Balaban J connectivity index is 1.74. The maximum atomic E-state index is 13.3. The lowest BCUT2D eigenvalue weighted by atomic mass is 9.85. The molecule has 9 heteroatoms. The number of esters is 1. The molecule has 43 heavy (non-hydrogen) atoms. The molecular formula is C34H30O9. The maximum absolute atomic E-state index is 13.3. The van der Waals surface area contributed by atoms with Gasteiger partial charge in [-0.1, -0.05) is 72.8 Å². The Morgan fingerprint density at radius 3 is 2.23 bits per heavy atom. The first-order valence-electron chi connectivity index (χ1n) is 13.5. The van der Waals surface area contributed by atoms with Crippen LogP contribution in [0.4, 0.5) is 0 Å². The molecule has 0 fully saturated rings. The van der Waals surface area contributed by atoms with Gasteiger partial charge in [0.05, 0.1) is 27.2 Å². The molecule has 0 spiro atoms. The number of hydrogen-bond acceptors (Lipinski definition) is 9. The van der Waals surface area contributed by atoms with Crippen molar-refractivity contribution < 1.29 is 38.7 Å². The van der Waals surface area contributed by atoms with Crippen LogP contribution in [0.5, 0.6) is 28.7 Å². The molecule has 0 saturated heterocycles. The van der Waals surface area contributed by atoms with Crippen molar-refractivity contribution in [3.8, 4) is 40.1 Å². The Morgan fingerprint density at radius 2 is 1.56 bits per heavy atom. The van der Waals surface area contributed by atoms with Gasteiger partial charge in [0.25, 0.3) is 0 Å². The van der Waals surface area contributed by atoms with E-state index in [9.17, 15) is 24.9 Å². The van der Waals surface area contributed by atoms with E-state index in [-0.39, 0.29) is 41.1 Å². The Labute approximate surface area is 247 Å². The lowest BCUT2D eigenvalue weighted by Crippen LogP contribution is -2.14. The van der Waals surface area contributed by atoms with E-state index in [1.165, 1.54) is 20.3 Å². The van der Waals surface area contributed by atoms with E-state index < -0.39 is 34.6 Å². The van der Waals surface area contributed by atoms with Crippen LogP contribution in [0.1, 0.15) is 29.0 Å². The summed E-state index contributed by atoms with van der Waals surface area (Å²) in [6, 6.07) is 24.8. The third-order valence-electron chi connectivity index (χ3n) is 7.22. The van der Waals surface area contributed by atoms with Crippen molar-refractivity contribution in [2.75, 3.05) is 20.8 Å². The van der Waals surface area contributed by atoms with Gasteiger partial charge in [0.2, 0.25) is 5.75 Å². The van der Waals surface area contributed by atoms with Crippen LogP contribution in [0.2, 0.25) is 0 Å². The molecule has 9 nitrogen and oxygen atoms in total. The highest BCUT2D eigenvalue weighted by Crippen LogP contribution is 2.51. The number of aromatic hydroxyl groups is 3. The van der Waals surface area contributed by atoms with Crippen molar-refractivity contribution in [1.29, 1.82) is 0 Å². The minimum atomic E-state index is -1.07. The Kier molecular flexibility index (Phi) is 8.52. The van der Waals surface area contributed by atoms with Gasteiger partial charge in [0, 0.05) is 35.1 Å². The van der Waals surface area contributed by atoms with Crippen LogP contribution < -0.4 is 14.9 Å². The number of carbonyl (C=O) groups is 1. The zero-order valence-electron chi connectivity index (χ0n) is 23.6. The number of carbonyl (C=O) groups excluding carboxylic acids is 1. The molecule has 5 aromatic rings. The van der Waals surface area contributed by atoms with Gasteiger partial charge in [-0.3, -0.25) is 9.59 Å². The second-order valence-corrected chi connectivity index (χ2v) is 9.80. The van der Waals surface area contributed by atoms with Crippen LogP contribution in [0, 0.1) is 0 Å². The summed E-state index contributed by atoms with van der Waals surface area (Å²) in [4.78, 5) is 26.1. The molecule has 4 aromatic carbocycles. The lowest BCUT2D eigenvalue weighted by molar-refractivity contribution is -0.140. The van der Waals surface area contributed by atoms with Crippen LogP contribution in [0.3, 0.4) is 0 Å². The first-order chi connectivity index (χ1) is 20.8. The quantitative estimate of drug-likeness (QED) is 0.136. The molecule has 0 saturated carbocycles. The van der Waals surface area contributed by atoms with Gasteiger partial charge in [-0.15, -0.1) is 0 Å². The molecule has 0 bridgehead atoms. The van der Waals surface area contributed by atoms with Gasteiger partial charge >= 0.3 is 5.97 Å². The van der Waals surface area contributed by atoms with E-state index in [2.05, 4.69) is 0 Å². The third-order valence-corrected chi connectivity index (χ3v) is 7.22. The first-order valence-corrected chi connectivity index (χ1v) is 13.5. The molecule has 1 heterocycles. The zero-order valence-corrected chi connectivity index (χ0v) is 23.6. The SMILES string of the molecule is COC(=O)C[C@@H](c1cccc(OC)c1OCCc1ccccc1)c1c(O)c(O)c(O)c2c(=O)cc(-c3ccccc3)oc12. The number of fused-ring (bicyclic) bond motifs is 1. The summed E-state index contributed by atoms with van der Waals surface area (Å²) in [5, 5.41) is 32.4. The van der Waals surface area contributed by atoms with Gasteiger partial charge < -0.3 is 33.9 Å². The normalized spacial score (nSPS) is 11.7. The molecule has 0 radical (unpaired) electrons. The molecule has 3 N–H and O–H groups in total. The highest BCUT2D eigenvalue weighted by molar-refractivity contribution is 5.94. The predicted molar refractivity (Wildman–Crippen MR) is 160 cm³/mol. The molecule has 0 amide bonds. The van der Waals surface area contributed by atoms with Crippen LogP contribution in [0.25, 0.3) is 22.3 Å². The van der Waals surface area contributed by atoms with Gasteiger partial charge in [0.15, 0.2) is 28.4 Å². The summed E-state index contributed by atoms with van der Waals surface area (Å²) < 4.78 is 23.0. The second kappa shape index (κ2) is 12.6. The van der Waals surface area contributed by atoms with E-state index in [1.54, 1.807) is 48.5 Å². The molecular weight excluding hydrogens is 552 g/mol. The Bertz CT molecular complexity index is 1810. The van der Waals surface area contributed by atoms with E-state index in [0.29, 0.717) is 23.3 Å². The summed E-state index contributed by atoms with van der Waals surface area (Å²) in [7, 11) is 2.70. The number of phenols is 3. The van der Waals surface area contributed by atoms with E-state index in [0.717, 1.165) is 5.56 Å². The highest BCUT2D eigenvalue weighted by Gasteiger charge is 2.33. The average molecular weight is 583 g/mol. The smallest absolute Gasteiger partial charge is 0.306 e. The fraction of sp³-hybridized carbons (Fsp3) is 0.176. The molecule has 1 atom stereocenters. The highest BCUT2D eigenvalue weighted by atomic mass is 16.5. The summed E-state index contributed by atoms with van der Waals surface area (Å²) >= 11 is 0. The van der Waals surface area contributed by atoms with Crippen molar-refractivity contribution in [2.24, 2.45) is 0 Å². The van der Waals surface area contributed by atoms with Gasteiger partial charge in [-0.25, -0.2) is 0 Å². The summed E-state index contributed by atoms with van der Waals surface area (Å²) in [5.41, 5.74) is 1.05. The second-order valence-electron chi connectivity index (χ2n) is 9.80. The predicted octanol–water partition coefficient (Wildman–Crippen LogP) is 5.90. The van der Waals surface area contributed by atoms with Gasteiger partial charge in [-0.2, -0.15) is 0 Å². The average Bonchev–Trinajstić information content (AvgIpc) is 3.03. The molecule has 1 aromatic heterocycles. The number of methoxy groups -OCH3 is 2. The van der Waals surface area contributed by atoms with Crippen LogP contribution in [-0.2, 0) is 16.0 Å². The monoisotopic (exact) mass is 582 g/mol. The number of hydrogen-bond donors (Lipinski definition) is 3. The van der Waals surface area contributed by atoms with Crippen molar-refractivity contribution >= 4 is 16.9 Å². The summed E-state index contributed by atoms with van der Waals surface area (Å²) in [6.07, 6.45) is 0.231. The number of phenolic OH excluding ortho intramolecular Hbond substituents is 3. The molecule has 0 aliphatic carbocycles. The van der Waals surface area contributed by atoms with E-state index in [4.69, 9.17) is 18.6 Å². The van der Waals surface area contributed by atoms with Crippen molar-refractivity contribution in [1.82, 2.24) is 0 Å². The number of ether oxygens (including phenoxy) is 3. The Morgan fingerprint density at radius 1 is 0.860 bits per heavy atom. The molecule has 5 rings (SSSR count). The summed E-state index contributed by atoms with van der Waals surface area (Å²) in [6.45, 7) is 0.253. The molecule has 220 valence electrons. The summed E-state index contributed by atoms with van der Waals surface area (Å²) in [5.74, 6) is -3.44. The third kappa shape index (κ3) is 5.83. The maximum Gasteiger partial charge on any atom is 0.306 e. The topological polar surface area (TPSA) is 136 Å². The van der Waals surface area contributed by atoms with Gasteiger partial charge in [-0.05, 0) is 11.6 Å². The minimum absolute atomic E-state index is 0.105. The lowest BCUT2D eigenvalue weighted by Gasteiger charge is -2.24. The molecule has 0 unspecified atom stereocenters. The Hall–Kier alpha value is -5.44. The molecule has 0 aliphatic rings. The number of benzene rings is 4. The number of rotatable bonds is 10. The van der Waals surface area contributed by atoms with Crippen LogP contribution in [0.15, 0.2) is 94.1 Å². The van der Waals surface area contributed by atoms with Crippen LogP contribution in [-0.4, -0.2) is 42.1 Å². The van der Waals surface area contributed by atoms with Crippen molar-refractivity contribution in [2.45, 2.75) is 18.8 Å². The number of para-hydroxylation sites is 1. The fourth-order valence-corrected chi connectivity index (χ4v) is 5.10. The van der Waals surface area contributed by atoms with E-state index >= 15 is 0 Å². The van der Waals surface area contributed by atoms with Crippen LogP contribution >= 0.6 is 0 Å². The van der Waals surface area contributed by atoms with Gasteiger partial charge in [0.1, 0.15) is 16.7 Å². The first kappa shape index (κ1) is 29.1. The zero-order chi connectivity index (χ0) is 30.5. The largest absolute Gasteiger partial charge is 0.504 e. The standard InChI is InChI=1S/C34H30O9/c1-40-25-15-9-14-22(33(25)42-17-16-20-10-5-3-6-11-20)23(18-27(36)41-2)28-30(37)32(39)31(38)29-24(35)19-26(43-34(28)29)21-12-7-4-8-13-21/h3-15,19,23,37-39H,16-18H2,1-2H3/t23-/m0/s1.